The van der Waals surface area contributed by atoms with Crippen LogP contribution in [0.1, 0.15) is 0 Å². The maximum atomic E-state index is 11.8. The van der Waals surface area contributed by atoms with E-state index in [0.717, 1.165) is 4.68 Å². The fourth-order valence-electron chi connectivity index (χ4n) is 1.25. The number of nitrogens with two attached hydrogens (primary N) is 5. The van der Waals surface area contributed by atoms with Crippen molar-refractivity contribution < 1.29 is 56.7 Å². The minimum Gasteiger partial charge on any atom is -1.00 e. The van der Waals surface area contributed by atoms with Gasteiger partial charge >= 0.3 is 25.0 Å². The van der Waals surface area contributed by atoms with Crippen LogP contribution < -0.4 is 77.0 Å². The normalized spacial score (nSPS) is 8.70. The molecule has 2 aromatic rings. The van der Waals surface area contributed by atoms with E-state index in [-0.39, 0.29) is 79.8 Å². The third-order valence-electron chi connectivity index (χ3n) is 1.99. The Balaban J connectivity index is -0.000000722. The summed E-state index contributed by atoms with van der Waals surface area (Å²) in [7, 11) is 0. The molecule has 115 valence electrons. The molecule has 0 aromatic carbocycles. The summed E-state index contributed by atoms with van der Waals surface area (Å²) in [6.07, 6.45) is 0. The van der Waals surface area contributed by atoms with E-state index >= 15 is 0 Å². The minimum atomic E-state index is -0.660. The summed E-state index contributed by atoms with van der Waals surface area (Å²) >= 11 is 0. The van der Waals surface area contributed by atoms with Crippen molar-refractivity contribution in [3.05, 3.63) is 10.4 Å². The third-order valence-corrected chi connectivity index (χ3v) is 1.99. The van der Waals surface area contributed by atoms with Gasteiger partial charge in [0.1, 0.15) is 0 Å². The molecule has 1 radical (unpaired) electrons. The Hall–Kier alpha value is -1.04. The van der Waals surface area contributed by atoms with Crippen LogP contribution in [0.2, 0.25) is 0 Å². The molecular formula is C5H10Cl3N10ORu. The van der Waals surface area contributed by atoms with Crippen LogP contribution in [0, 0.1) is 0 Å². The van der Waals surface area contributed by atoms with Gasteiger partial charge in [0.15, 0.2) is 11.2 Å². The first kappa shape index (κ1) is 24.0. The molecule has 0 spiro atoms. The first-order valence-corrected chi connectivity index (χ1v) is 4.04. The second-order valence-electron chi connectivity index (χ2n) is 3.01. The van der Waals surface area contributed by atoms with Gasteiger partial charge in [0, 0.05) is 0 Å². The zero-order valence-corrected chi connectivity index (χ0v) is 13.5. The van der Waals surface area contributed by atoms with Crippen molar-refractivity contribution in [2.45, 2.75) is 0 Å². The molecule has 0 amide bonds. The second kappa shape index (κ2) is 8.29. The van der Waals surface area contributed by atoms with Gasteiger partial charge < -0.3 is 54.6 Å². The molecule has 0 unspecified atom stereocenters. The maximum absolute atomic E-state index is 11.8. The fraction of sp³-hybridized carbons (Fsp3) is 0. The molecule has 0 aliphatic heterocycles. The molecule has 0 saturated heterocycles. The van der Waals surface area contributed by atoms with E-state index < -0.39 is 5.56 Å². The number of nitrogen functional groups attached to an aromatic ring is 3. The van der Waals surface area contributed by atoms with E-state index in [9.17, 15) is 4.79 Å². The van der Waals surface area contributed by atoms with Crippen LogP contribution in [0.4, 0.5) is 11.9 Å². The Morgan fingerprint density at radius 1 is 1.00 bits per heavy atom. The van der Waals surface area contributed by atoms with Gasteiger partial charge in [0.05, 0.1) is 0 Å². The van der Waals surface area contributed by atoms with Crippen LogP contribution in [0.15, 0.2) is 4.79 Å². The monoisotopic (exact) mass is 433 g/mol. The quantitative estimate of drug-likeness (QED) is 0.165. The number of hydrazine groups is 2. The van der Waals surface area contributed by atoms with Gasteiger partial charge in [-0.3, -0.25) is 4.79 Å². The molecule has 15 heteroatoms. The summed E-state index contributed by atoms with van der Waals surface area (Å²) in [6.45, 7) is 0. The molecule has 11 nitrogen and oxygen atoms in total. The van der Waals surface area contributed by atoms with Gasteiger partial charge in [-0.05, 0) is 0 Å². The van der Waals surface area contributed by atoms with Crippen LogP contribution in [0.25, 0.3) is 11.2 Å². The third kappa shape index (κ3) is 3.54. The molecule has 2 heterocycles. The standard InChI is InChI=1S/C5H10N10O.3ClH.Ru/c6-4-11-2-1(13(4)7)3(16)14(8)5(12-2)15(9)10;;;;/h7-10H2,(H2,6,11);3*1H;/q;;;;+3/p-3. The first-order chi connectivity index (χ1) is 7.43. The van der Waals surface area contributed by atoms with E-state index in [1.165, 1.54) is 0 Å². The summed E-state index contributed by atoms with van der Waals surface area (Å²) in [5.41, 5.74) is 4.74. The Bertz CT molecular complexity index is 625. The van der Waals surface area contributed by atoms with Gasteiger partial charge in [0.25, 0.3) is 5.95 Å². The fourth-order valence-corrected chi connectivity index (χ4v) is 1.25. The average Bonchev–Trinajstić information content (AvgIpc) is 2.48. The van der Waals surface area contributed by atoms with E-state index in [0.29, 0.717) is 9.79 Å². The number of fused-ring (bicyclic) bond motifs is 1. The number of nitrogens with zero attached hydrogens (tertiary/aromatic N) is 5. The van der Waals surface area contributed by atoms with Crippen molar-refractivity contribution in [3.63, 3.8) is 0 Å². The predicted octanol–water partition coefficient (Wildman–Crippen LogP) is -12.8. The second-order valence-corrected chi connectivity index (χ2v) is 3.01. The van der Waals surface area contributed by atoms with Gasteiger partial charge in [0.2, 0.25) is 5.95 Å². The Morgan fingerprint density at radius 3 is 1.95 bits per heavy atom. The number of hydrogen-bond acceptors (Lipinski definition) is 9. The molecule has 0 saturated carbocycles. The number of rotatable bonds is 1. The number of imidazole rings is 1. The summed E-state index contributed by atoms with van der Waals surface area (Å²) in [6, 6.07) is 0. The smallest absolute Gasteiger partial charge is 1.00 e. The first-order valence-electron chi connectivity index (χ1n) is 4.04. The Morgan fingerprint density at radius 2 is 1.50 bits per heavy atom. The van der Waals surface area contributed by atoms with Gasteiger partial charge in [-0.15, -0.1) is 0 Å². The van der Waals surface area contributed by atoms with Crippen LogP contribution in [0.5, 0.6) is 0 Å². The van der Waals surface area contributed by atoms with E-state index in [1.807, 2.05) is 0 Å². The SMILES string of the molecule is Nc1nc2nc(N(N)N)n(N)c(=O)c2n1N.[Cl-].[Cl-].[Cl-].[Ru+3]. The maximum Gasteiger partial charge on any atom is 3.00 e. The molecule has 0 atom stereocenters. The van der Waals surface area contributed by atoms with E-state index in [2.05, 4.69) is 9.97 Å². The van der Waals surface area contributed by atoms with Crippen molar-refractivity contribution in [2.75, 3.05) is 22.5 Å². The molecular weight excluding hydrogens is 424 g/mol. The van der Waals surface area contributed by atoms with E-state index in [1.54, 1.807) is 0 Å². The van der Waals surface area contributed by atoms with E-state index in [4.69, 9.17) is 29.1 Å². The van der Waals surface area contributed by atoms with Gasteiger partial charge in [-0.1, -0.05) is 0 Å². The van der Waals surface area contributed by atoms with Crippen molar-refractivity contribution in [2.24, 2.45) is 11.7 Å². The van der Waals surface area contributed by atoms with Crippen LogP contribution in [-0.4, -0.2) is 19.3 Å². The van der Waals surface area contributed by atoms with Crippen molar-refractivity contribution in [1.82, 2.24) is 19.3 Å². The molecule has 2 aromatic heterocycles. The topological polar surface area (TPSA) is 186 Å². The van der Waals surface area contributed by atoms with Crippen LogP contribution in [-0.2, 0) is 19.5 Å². The minimum absolute atomic E-state index is 0. The summed E-state index contributed by atoms with van der Waals surface area (Å²) in [4.78, 5) is 19.3. The van der Waals surface area contributed by atoms with Crippen molar-refractivity contribution in [1.29, 1.82) is 0 Å². The number of anilines is 2. The average molecular weight is 434 g/mol. The van der Waals surface area contributed by atoms with Crippen LogP contribution >= 0.6 is 0 Å². The molecule has 0 aliphatic carbocycles. The molecule has 10 N–H and O–H groups in total. The summed E-state index contributed by atoms with van der Waals surface area (Å²) in [5, 5.41) is 0.590. The van der Waals surface area contributed by atoms with Crippen LogP contribution in [0.3, 0.4) is 0 Å². The molecule has 0 fully saturated rings. The predicted molar refractivity (Wildman–Crippen MR) is 57.4 cm³/mol. The Labute approximate surface area is 143 Å². The number of hydrogen-bond donors (Lipinski definition) is 5. The number of aromatic nitrogens is 4. The molecule has 0 bridgehead atoms. The Kier molecular flexibility index (Phi) is 9.96. The molecule has 20 heavy (non-hydrogen) atoms. The van der Waals surface area contributed by atoms with Crippen molar-refractivity contribution in [3.8, 4) is 0 Å². The largest absolute Gasteiger partial charge is 3.00 e. The zero-order chi connectivity index (χ0) is 12.0. The van der Waals surface area contributed by atoms with Gasteiger partial charge in [-0.2, -0.15) is 14.6 Å². The molecule has 2 rings (SSSR count). The van der Waals surface area contributed by atoms with Crippen molar-refractivity contribution >= 4 is 23.1 Å². The molecule has 0 aliphatic rings. The van der Waals surface area contributed by atoms with Gasteiger partial charge in [-0.25, -0.2) is 21.5 Å². The summed E-state index contributed by atoms with van der Waals surface area (Å²) in [5.74, 6) is 21.1. The summed E-state index contributed by atoms with van der Waals surface area (Å²) < 4.78 is 1.53. The number of halogens is 3. The zero-order valence-electron chi connectivity index (χ0n) is 9.52.